The van der Waals surface area contributed by atoms with Crippen LogP contribution in [-0.2, 0) is 17.6 Å². The van der Waals surface area contributed by atoms with E-state index in [1.807, 2.05) is 13.0 Å². The second kappa shape index (κ2) is 6.01. The third-order valence-electron chi connectivity index (χ3n) is 3.95. The highest BCUT2D eigenvalue weighted by atomic mass is 32.1. The molecule has 1 N–H and O–H groups in total. The van der Waals surface area contributed by atoms with Crippen LogP contribution in [0.3, 0.4) is 0 Å². The van der Waals surface area contributed by atoms with Crippen molar-refractivity contribution < 1.29 is 9.59 Å². The predicted molar refractivity (Wildman–Crippen MR) is 87.4 cm³/mol. The smallest absolute Gasteiger partial charge is 0.227 e. The molecule has 0 saturated carbocycles. The van der Waals surface area contributed by atoms with Crippen molar-refractivity contribution >= 4 is 28.7 Å². The third kappa shape index (κ3) is 3.09. The molecule has 1 amide bonds. The largest absolute Gasteiger partial charge is 0.326 e. The van der Waals surface area contributed by atoms with Gasteiger partial charge in [0.05, 0.1) is 10.7 Å². The fraction of sp³-hybridized carbons (Fsp3) is 0.353. The zero-order chi connectivity index (χ0) is 15.7. The molecule has 1 unspecified atom stereocenters. The van der Waals surface area contributed by atoms with Crippen LogP contribution in [0.15, 0.2) is 24.3 Å². The predicted octanol–water partition coefficient (Wildman–Crippen LogP) is 3.40. The van der Waals surface area contributed by atoms with Gasteiger partial charge in [-0.3, -0.25) is 9.59 Å². The molecule has 1 atom stereocenters. The minimum atomic E-state index is -0.0201. The number of thiazole rings is 1. The Morgan fingerprint density at radius 2 is 2.18 bits per heavy atom. The number of fused-ring (bicyclic) bond motifs is 1. The van der Waals surface area contributed by atoms with Crippen molar-refractivity contribution in [2.45, 2.75) is 33.1 Å². The normalized spacial score (nSPS) is 16.9. The van der Waals surface area contributed by atoms with Gasteiger partial charge in [0.15, 0.2) is 5.78 Å². The van der Waals surface area contributed by atoms with Crippen LogP contribution in [0, 0.1) is 12.8 Å². The van der Waals surface area contributed by atoms with Gasteiger partial charge in [-0.1, -0.05) is 12.1 Å². The Morgan fingerprint density at radius 1 is 1.36 bits per heavy atom. The molecule has 0 radical (unpaired) electrons. The van der Waals surface area contributed by atoms with E-state index < -0.39 is 0 Å². The monoisotopic (exact) mass is 314 g/mol. The highest BCUT2D eigenvalue weighted by molar-refractivity contribution is 7.11. The molecule has 4 nitrogen and oxygen atoms in total. The molecule has 0 fully saturated rings. The molecule has 1 heterocycles. The van der Waals surface area contributed by atoms with Crippen LogP contribution in [0.25, 0.3) is 0 Å². The van der Waals surface area contributed by atoms with Crippen molar-refractivity contribution in [1.82, 2.24) is 4.98 Å². The van der Waals surface area contributed by atoms with E-state index in [4.69, 9.17) is 0 Å². The number of hydrogen-bond acceptors (Lipinski definition) is 4. The molecule has 0 saturated heterocycles. The number of anilines is 1. The van der Waals surface area contributed by atoms with Crippen LogP contribution in [0.2, 0.25) is 0 Å². The SMILES string of the molecule is CC(=O)c1cccc(NC(=O)C2CCc3nc(C)sc3C2)c1. The van der Waals surface area contributed by atoms with Gasteiger partial charge >= 0.3 is 0 Å². The Balaban J connectivity index is 1.70. The Labute approximate surface area is 133 Å². The minimum Gasteiger partial charge on any atom is -0.326 e. The fourth-order valence-electron chi connectivity index (χ4n) is 2.79. The van der Waals surface area contributed by atoms with Gasteiger partial charge in [-0.2, -0.15) is 0 Å². The topological polar surface area (TPSA) is 59.1 Å². The first-order valence-electron chi connectivity index (χ1n) is 7.40. The highest BCUT2D eigenvalue weighted by Crippen LogP contribution is 2.30. The van der Waals surface area contributed by atoms with Crippen molar-refractivity contribution in [2.24, 2.45) is 5.92 Å². The molecule has 1 aromatic carbocycles. The molecule has 114 valence electrons. The first-order valence-corrected chi connectivity index (χ1v) is 8.21. The number of amides is 1. The van der Waals surface area contributed by atoms with Crippen molar-refractivity contribution in [3.05, 3.63) is 45.4 Å². The number of carbonyl (C=O) groups is 2. The van der Waals surface area contributed by atoms with Crippen LogP contribution < -0.4 is 5.32 Å². The zero-order valence-electron chi connectivity index (χ0n) is 12.7. The molecule has 1 aromatic heterocycles. The molecule has 0 aliphatic heterocycles. The van der Waals surface area contributed by atoms with Gasteiger partial charge in [0.1, 0.15) is 0 Å². The van der Waals surface area contributed by atoms with E-state index in [9.17, 15) is 9.59 Å². The van der Waals surface area contributed by atoms with E-state index in [1.165, 1.54) is 11.8 Å². The summed E-state index contributed by atoms with van der Waals surface area (Å²) >= 11 is 1.69. The van der Waals surface area contributed by atoms with E-state index in [-0.39, 0.29) is 17.6 Å². The summed E-state index contributed by atoms with van der Waals surface area (Å²) in [5.74, 6) is 0.00396. The van der Waals surface area contributed by atoms with E-state index in [1.54, 1.807) is 29.5 Å². The number of benzene rings is 1. The maximum atomic E-state index is 12.5. The number of Topliss-reactive ketones (excluding diaryl/α,β-unsaturated/α-hetero) is 1. The average molecular weight is 314 g/mol. The van der Waals surface area contributed by atoms with Crippen molar-refractivity contribution in [2.75, 3.05) is 5.32 Å². The lowest BCUT2D eigenvalue weighted by molar-refractivity contribution is -0.120. The van der Waals surface area contributed by atoms with Gasteiger partial charge < -0.3 is 5.32 Å². The summed E-state index contributed by atoms with van der Waals surface area (Å²) in [6.07, 6.45) is 2.46. The summed E-state index contributed by atoms with van der Waals surface area (Å²) in [6, 6.07) is 7.09. The summed E-state index contributed by atoms with van der Waals surface area (Å²) < 4.78 is 0. The van der Waals surface area contributed by atoms with E-state index in [2.05, 4.69) is 10.3 Å². The summed E-state index contributed by atoms with van der Waals surface area (Å²) in [7, 11) is 0. The van der Waals surface area contributed by atoms with Crippen molar-refractivity contribution in [3.63, 3.8) is 0 Å². The molecule has 1 aliphatic carbocycles. The van der Waals surface area contributed by atoms with Gasteiger partial charge in [0, 0.05) is 22.0 Å². The molecule has 3 rings (SSSR count). The Bertz CT molecular complexity index is 736. The Morgan fingerprint density at radius 3 is 2.95 bits per heavy atom. The number of ketones is 1. The summed E-state index contributed by atoms with van der Waals surface area (Å²) in [5.41, 5.74) is 2.45. The lowest BCUT2D eigenvalue weighted by atomic mass is 9.90. The van der Waals surface area contributed by atoms with E-state index >= 15 is 0 Å². The van der Waals surface area contributed by atoms with Crippen LogP contribution in [-0.4, -0.2) is 16.7 Å². The molecule has 5 heteroatoms. The lowest BCUT2D eigenvalue weighted by Gasteiger charge is -2.20. The maximum absolute atomic E-state index is 12.5. The summed E-state index contributed by atoms with van der Waals surface area (Å²) in [4.78, 5) is 29.6. The van der Waals surface area contributed by atoms with Gasteiger partial charge in [-0.15, -0.1) is 11.3 Å². The van der Waals surface area contributed by atoms with Crippen LogP contribution in [0.5, 0.6) is 0 Å². The van der Waals surface area contributed by atoms with Gasteiger partial charge in [-0.05, 0) is 45.2 Å². The fourth-order valence-corrected chi connectivity index (χ4v) is 3.85. The van der Waals surface area contributed by atoms with Gasteiger partial charge in [-0.25, -0.2) is 4.98 Å². The van der Waals surface area contributed by atoms with Gasteiger partial charge in [0.25, 0.3) is 0 Å². The maximum Gasteiger partial charge on any atom is 0.227 e. The lowest BCUT2D eigenvalue weighted by Crippen LogP contribution is -2.27. The Hall–Kier alpha value is -2.01. The first kappa shape index (κ1) is 14.9. The molecular weight excluding hydrogens is 296 g/mol. The zero-order valence-corrected chi connectivity index (χ0v) is 13.5. The Kier molecular flexibility index (Phi) is 4.07. The number of nitrogens with zero attached hydrogens (tertiary/aromatic N) is 1. The molecular formula is C17H18N2O2S. The molecule has 0 bridgehead atoms. The van der Waals surface area contributed by atoms with E-state index in [0.717, 1.165) is 30.0 Å². The number of aryl methyl sites for hydroxylation is 2. The molecule has 2 aromatic rings. The second-order valence-corrected chi connectivity index (χ2v) is 6.96. The summed E-state index contributed by atoms with van der Waals surface area (Å²) in [6.45, 7) is 3.53. The van der Waals surface area contributed by atoms with Crippen molar-refractivity contribution in [3.8, 4) is 0 Å². The molecule has 22 heavy (non-hydrogen) atoms. The quantitative estimate of drug-likeness (QED) is 0.883. The summed E-state index contributed by atoms with van der Waals surface area (Å²) in [5, 5.41) is 4.01. The van der Waals surface area contributed by atoms with Crippen LogP contribution >= 0.6 is 11.3 Å². The number of hydrogen-bond donors (Lipinski definition) is 1. The molecule has 1 aliphatic rings. The van der Waals surface area contributed by atoms with E-state index in [0.29, 0.717) is 11.3 Å². The second-order valence-electron chi connectivity index (χ2n) is 5.67. The average Bonchev–Trinajstić information content (AvgIpc) is 2.86. The first-order chi connectivity index (χ1) is 10.5. The van der Waals surface area contributed by atoms with Crippen LogP contribution in [0.1, 0.15) is 39.3 Å². The number of rotatable bonds is 3. The standard InChI is InChI=1S/C17H18N2O2S/c1-10(20)12-4-3-5-14(8-12)19-17(21)13-6-7-15-16(9-13)22-11(2)18-15/h3-5,8,13H,6-7,9H2,1-2H3,(H,19,21). The third-order valence-corrected chi connectivity index (χ3v) is 4.99. The number of aromatic nitrogens is 1. The minimum absolute atomic E-state index is 0.00135. The van der Waals surface area contributed by atoms with Crippen LogP contribution in [0.4, 0.5) is 5.69 Å². The van der Waals surface area contributed by atoms with Crippen molar-refractivity contribution in [1.29, 1.82) is 0 Å². The number of carbonyl (C=O) groups excluding carboxylic acids is 2. The van der Waals surface area contributed by atoms with Gasteiger partial charge in [0.2, 0.25) is 5.91 Å². The highest BCUT2D eigenvalue weighted by Gasteiger charge is 2.27. The number of nitrogens with one attached hydrogen (secondary N) is 1. The molecule has 0 spiro atoms.